The summed E-state index contributed by atoms with van der Waals surface area (Å²) in [5.41, 5.74) is -0.626. The summed E-state index contributed by atoms with van der Waals surface area (Å²) < 4.78 is 20.3. The first-order chi connectivity index (χ1) is 13.4. The number of ether oxygens (including phenoxy) is 1. The number of aromatic amines is 1. The van der Waals surface area contributed by atoms with E-state index in [2.05, 4.69) is 4.98 Å². The highest BCUT2D eigenvalue weighted by atomic mass is 19.1. The van der Waals surface area contributed by atoms with E-state index in [0.717, 1.165) is 6.42 Å². The number of amides is 1. The van der Waals surface area contributed by atoms with Crippen molar-refractivity contribution in [2.75, 3.05) is 13.1 Å². The predicted molar refractivity (Wildman–Crippen MR) is 103 cm³/mol. The smallest absolute Gasteiger partial charge is 0.270 e. The molecule has 0 aliphatic carbocycles. The zero-order valence-corrected chi connectivity index (χ0v) is 15.9. The Morgan fingerprint density at radius 2 is 2.14 bits per heavy atom. The van der Waals surface area contributed by atoms with E-state index in [1.54, 1.807) is 4.90 Å². The van der Waals surface area contributed by atoms with Gasteiger partial charge in [0.05, 0.1) is 23.3 Å². The Morgan fingerprint density at radius 3 is 2.86 bits per heavy atom. The van der Waals surface area contributed by atoms with Crippen LogP contribution in [-0.2, 0) is 4.74 Å². The number of carbonyl (C=O) groups excluding carboxylic acids is 1. The van der Waals surface area contributed by atoms with Crippen LogP contribution in [0.5, 0.6) is 0 Å². The molecule has 1 aromatic carbocycles. The van der Waals surface area contributed by atoms with E-state index < -0.39 is 11.4 Å². The van der Waals surface area contributed by atoms with Crippen LogP contribution in [0.15, 0.2) is 29.1 Å². The molecule has 2 fully saturated rings. The highest BCUT2D eigenvalue weighted by Gasteiger charge is 2.43. The van der Waals surface area contributed by atoms with Gasteiger partial charge < -0.3 is 19.7 Å². The van der Waals surface area contributed by atoms with Crippen molar-refractivity contribution in [2.24, 2.45) is 0 Å². The van der Waals surface area contributed by atoms with Crippen LogP contribution in [-0.4, -0.2) is 51.8 Å². The van der Waals surface area contributed by atoms with Crippen LogP contribution >= 0.6 is 0 Å². The van der Waals surface area contributed by atoms with Gasteiger partial charge in [0.2, 0.25) is 0 Å². The van der Waals surface area contributed by atoms with E-state index in [4.69, 9.17) is 4.74 Å². The van der Waals surface area contributed by atoms with Crippen molar-refractivity contribution < 1.29 is 19.0 Å². The fourth-order valence-corrected chi connectivity index (χ4v) is 4.48. The monoisotopic (exact) mass is 388 g/mol. The quantitative estimate of drug-likeness (QED) is 0.829. The summed E-state index contributed by atoms with van der Waals surface area (Å²) in [6, 6.07) is 5.50. The van der Waals surface area contributed by atoms with Gasteiger partial charge >= 0.3 is 0 Å². The standard InChI is InChI=1S/C21H25FN2O4/c1-2-14-10-13(25)12-21(28-14)6-8-24(9-7-21)20(27)17-11-18(26)15-4-3-5-16(22)19(15)23-17/h3-5,11,13-14,25H,2,6-10,12H2,1H3,(H,23,26)/t13-,14+/m1/s1. The number of nitrogens with one attached hydrogen (secondary N) is 1. The van der Waals surface area contributed by atoms with E-state index in [-0.39, 0.29) is 40.1 Å². The van der Waals surface area contributed by atoms with E-state index in [1.165, 1.54) is 24.3 Å². The Morgan fingerprint density at radius 1 is 1.39 bits per heavy atom. The van der Waals surface area contributed by atoms with Gasteiger partial charge in [-0.1, -0.05) is 13.0 Å². The Balaban J connectivity index is 1.52. The molecule has 2 aliphatic heterocycles. The van der Waals surface area contributed by atoms with Gasteiger partial charge in [-0.2, -0.15) is 0 Å². The lowest BCUT2D eigenvalue weighted by Gasteiger charge is -2.47. The zero-order chi connectivity index (χ0) is 19.9. The Bertz CT molecular complexity index is 949. The second-order valence-corrected chi connectivity index (χ2v) is 7.93. The fraction of sp³-hybridized carbons (Fsp3) is 0.524. The summed E-state index contributed by atoms with van der Waals surface area (Å²) in [6.07, 6.45) is 3.04. The van der Waals surface area contributed by atoms with Crippen molar-refractivity contribution in [1.29, 1.82) is 0 Å². The minimum absolute atomic E-state index is 0.0471. The van der Waals surface area contributed by atoms with Gasteiger partial charge in [-0.25, -0.2) is 4.39 Å². The van der Waals surface area contributed by atoms with E-state index in [9.17, 15) is 19.1 Å². The summed E-state index contributed by atoms with van der Waals surface area (Å²) >= 11 is 0. The number of nitrogens with zero attached hydrogens (tertiary/aromatic N) is 1. The number of pyridine rings is 1. The van der Waals surface area contributed by atoms with Crippen LogP contribution in [0.1, 0.15) is 49.5 Å². The number of hydrogen-bond acceptors (Lipinski definition) is 4. The van der Waals surface area contributed by atoms with Crippen molar-refractivity contribution in [3.05, 3.63) is 46.0 Å². The molecule has 3 heterocycles. The number of H-pyrrole nitrogens is 1. The van der Waals surface area contributed by atoms with Crippen LogP contribution in [0.3, 0.4) is 0 Å². The number of para-hydroxylation sites is 1. The molecule has 0 saturated carbocycles. The molecule has 150 valence electrons. The van der Waals surface area contributed by atoms with E-state index in [0.29, 0.717) is 38.8 Å². The molecule has 0 radical (unpaired) electrons. The number of halogens is 1. The SMILES string of the molecule is CC[C@H]1C[C@@H](O)CC2(CCN(C(=O)c3cc(=O)c4cccc(F)c4[nH]3)CC2)O1. The topological polar surface area (TPSA) is 82.6 Å². The second-order valence-electron chi connectivity index (χ2n) is 7.93. The van der Waals surface area contributed by atoms with Crippen molar-refractivity contribution in [1.82, 2.24) is 9.88 Å². The van der Waals surface area contributed by atoms with Gasteiger partial charge in [0.25, 0.3) is 5.91 Å². The van der Waals surface area contributed by atoms with Crippen molar-refractivity contribution in [2.45, 2.75) is 56.8 Å². The van der Waals surface area contributed by atoms with Crippen molar-refractivity contribution >= 4 is 16.8 Å². The maximum Gasteiger partial charge on any atom is 0.270 e. The number of rotatable bonds is 2. The average molecular weight is 388 g/mol. The number of likely N-dealkylation sites (tertiary alicyclic amines) is 1. The third kappa shape index (κ3) is 3.44. The molecule has 0 unspecified atom stereocenters. The summed E-state index contributed by atoms with van der Waals surface area (Å²) in [5.74, 6) is -0.877. The van der Waals surface area contributed by atoms with Crippen LogP contribution < -0.4 is 5.43 Å². The van der Waals surface area contributed by atoms with Gasteiger partial charge in [-0.3, -0.25) is 9.59 Å². The molecule has 2 atom stereocenters. The zero-order valence-electron chi connectivity index (χ0n) is 15.9. The lowest BCUT2D eigenvalue weighted by Crippen LogP contribution is -2.53. The Labute approximate surface area is 162 Å². The van der Waals surface area contributed by atoms with Gasteiger partial charge in [0.1, 0.15) is 11.5 Å². The Kier molecular flexibility index (Phi) is 4.97. The van der Waals surface area contributed by atoms with Crippen LogP contribution in [0.4, 0.5) is 4.39 Å². The molecule has 1 spiro atoms. The molecule has 2 N–H and O–H groups in total. The minimum atomic E-state index is -0.558. The number of aromatic nitrogens is 1. The van der Waals surface area contributed by atoms with Crippen LogP contribution in [0.2, 0.25) is 0 Å². The molecule has 6 nitrogen and oxygen atoms in total. The maximum atomic E-state index is 14.1. The molecule has 1 aromatic heterocycles. The van der Waals surface area contributed by atoms with Gasteiger partial charge in [-0.15, -0.1) is 0 Å². The summed E-state index contributed by atoms with van der Waals surface area (Å²) in [5, 5.41) is 10.4. The predicted octanol–water partition coefficient (Wildman–Crippen LogP) is 2.59. The van der Waals surface area contributed by atoms with Gasteiger partial charge in [0.15, 0.2) is 5.43 Å². The third-order valence-electron chi connectivity index (χ3n) is 6.02. The third-order valence-corrected chi connectivity index (χ3v) is 6.02. The number of carbonyl (C=O) groups is 1. The molecule has 28 heavy (non-hydrogen) atoms. The first kappa shape index (κ1) is 19.1. The normalized spacial score (nSPS) is 24.6. The Hall–Kier alpha value is -2.25. The lowest BCUT2D eigenvalue weighted by atomic mass is 9.81. The van der Waals surface area contributed by atoms with Gasteiger partial charge in [-0.05, 0) is 37.8 Å². The summed E-state index contributed by atoms with van der Waals surface area (Å²) in [6.45, 7) is 2.99. The molecule has 0 bridgehead atoms. The van der Waals surface area contributed by atoms with Crippen LogP contribution in [0.25, 0.3) is 10.9 Å². The van der Waals surface area contributed by atoms with Crippen molar-refractivity contribution in [3.8, 4) is 0 Å². The molecule has 1 amide bonds. The van der Waals surface area contributed by atoms with E-state index in [1.807, 2.05) is 6.92 Å². The average Bonchev–Trinajstić information content (AvgIpc) is 2.68. The fourth-order valence-electron chi connectivity index (χ4n) is 4.48. The number of aliphatic hydroxyl groups excluding tert-OH is 1. The molecule has 2 saturated heterocycles. The molecular formula is C21H25FN2O4. The summed E-state index contributed by atoms with van der Waals surface area (Å²) in [7, 11) is 0. The number of hydrogen-bond donors (Lipinski definition) is 2. The molecule has 2 aromatic rings. The first-order valence-electron chi connectivity index (χ1n) is 9.87. The van der Waals surface area contributed by atoms with E-state index >= 15 is 0 Å². The highest BCUT2D eigenvalue weighted by Crippen LogP contribution is 2.38. The highest BCUT2D eigenvalue weighted by molar-refractivity contribution is 5.95. The summed E-state index contributed by atoms with van der Waals surface area (Å²) in [4.78, 5) is 29.6. The second kappa shape index (κ2) is 7.29. The largest absolute Gasteiger partial charge is 0.393 e. The lowest BCUT2D eigenvalue weighted by molar-refractivity contribution is -0.179. The molecule has 4 rings (SSSR count). The molecular weight excluding hydrogens is 363 g/mol. The van der Waals surface area contributed by atoms with Crippen LogP contribution in [0, 0.1) is 5.82 Å². The minimum Gasteiger partial charge on any atom is -0.393 e. The van der Waals surface area contributed by atoms with Gasteiger partial charge in [0, 0.05) is 31.0 Å². The molecule has 7 heteroatoms. The number of aliphatic hydroxyl groups is 1. The first-order valence-corrected chi connectivity index (χ1v) is 9.87. The maximum absolute atomic E-state index is 14.1. The number of fused-ring (bicyclic) bond motifs is 1. The number of benzene rings is 1. The van der Waals surface area contributed by atoms with Crippen molar-refractivity contribution in [3.63, 3.8) is 0 Å². The number of piperidine rings is 1. The molecule has 2 aliphatic rings.